The van der Waals surface area contributed by atoms with Crippen LogP contribution >= 0.6 is 11.8 Å². The molecule has 2 aliphatic rings. The molecule has 1 aromatic carbocycles. The minimum absolute atomic E-state index is 0.295. The van der Waals surface area contributed by atoms with Gasteiger partial charge in [0.15, 0.2) is 5.65 Å². The van der Waals surface area contributed by atoms with Crippen LogP contribution in [0.1, 0.15) is 32.0 Å². The Morgan fingerprint density at radius 2 is 2.03 bits per heavy atom. The second-order valence-electron chi connectivity index (χ2n) is 8.74. The molecular weight excluding hydrogens is 442 g/mol. The molecule has 1 N–H and O–H groups in total. The Balaban J connectivity index is 1.51. The van der Waals surface area contributed by atoms with E-state index in [0.29, 0.717) is 28.3 Å². The zero-order valence-corrected chi connectivity index (χ0v) is 19.1. The van der Waals surface area contributed by atoms with Gasteiger partial charge in [-0.1, -0.05) is 6.07 Å². The van der Waals surface area contributed by atoms with Gasteiger partial charge >= 0.3 is 6.09 Å². The molecule has 9 nitrogen and oxygen atoms in total. The van der Waals surface area contributed by atoms with Crippen molar-refractivity contribution in [3.63, 3.8) is 0 Å². The van der Waals surface area contributed by atoms with E-state index < -0.39 is 16.7 Å². The van der Waals surface area contributed by atoms with Gasteiger partial charge in [-0.25, -0.2) is 14.8 Å². The number of hydrogen-bond donors (Lipinski definition) is 1. The first-order valence-corrected chi connectivity index (χ1v) is 11.2. The Kier molecular flexibility index (Phi) is 4.97. The first-order chi connectivity index (χ1) is 15.7. The molecule has 5 rings (SSSR count). The third kappa shape index (κ3) is 4.09. The van der Waals surface area contributed by atoms with Crippen LogP contribution in [0.3, 0.4) is 0 Å². The topological polar surface area (TPSA) is 106 Å². The lowest BCUT2D eigenvalue weighted by atomic mass is 10.1. The van der Waals surface area contributed by atoms with E-state index in [9.17, 15) is 14.4 Å². The van der Waals surface area contributed by atoms with Crippen LogP contribution in [0.2, 0.25) is 0 Å². The maximum absolute atomic E-state index is 12.7. The van der Waals surface area contributed by atoms with Gasteiger partial charge in [-0.2, -0.15) is 0 Å². The number of thioether (sulfide) groups is 1. The fourth-order valence-corrected chi connectivity index (χ4v) is 4.42. The second-order valence-corrected chi connectivity index (χ2v) is 9.76. The molecule has 0 atom stereocenters. The Hall–Kier alpha value is -3.66. The summed E-state index contributed by atoms with van der Waals surface area (Å²) in [6.45, 7) is 6.10. The van der Waals surface area contributed by atoms with Gasteiger partial charge in [-0.05, 0) is 74.9 Å². The van der Waals surface area contributed by atoms with Gasteiger partial charge in [-0.15, -0.1) is 0 Å². The molecule has 168 valence electrons. The molecule has 0 spiro atoms. The highest BCUT2D eigenvalue weighted by Crippen LogP contribution is 2.32. The molecule has 1 fully saturated rings. The van der Waals surface area contributed by atoms with Crippen LogP contribution < -0.4 is 10.2 Å². The van der Waals surface area contributed by atoms with Crippen molar-refractivity contribution in [3.05, 3.63) is 52.8 Å². The molecule has 33 heavy (non-hydrogen) atoms. The molecule has 3 aromatic rings. The average molecular weight is 464 g/mol. The molecule has 0 aliphatic carbocycles. The highest BCUT2D eigenvalue weighted by atomic mass is 32.2. The molecular formula is C23H21N5O4S. The predicted octanol–water partition coefficient (Wildman–Crippen LogP) is 4.04. The van der Waals surface area contributed by atoms with E-state index in [1.165, 1.54) is 0 Å². The number of fused-ring (bicyclic) bond motifs is 2. The number of amides is 3. The SMILES string of the molecule is CC(C)(C)OC(=O)N1CCc2ccc(-n3cnc4ccc(/C=C5/SC(=O)NC5=O)nc43)cc21. The Labute approximate surface area is 193 Å². The summed E-state index contributed by atoms with van der Waals surface area (Å²) in [7, 11) is 0. The van der Waals surface area contributed by atoms with Gasteiger partial charge in [0.05, 0.1) is 22.0 Å². The number of ether oxygens (including phenoxy) is 1. The van der Waals surface area contributed by atoms with Crippen molar-refractivity contribution in [2.45, 2.75) is 32.8 Å². The molecule has 1 saturated heterocycles. The van der Waals surface area contributed by atoms with Crippen LogP contribution in [-0.4, -0.2) is 43.9 Å². The lowest BCUT2D eigenvalue weighted by molar-refractivity contribution is -0.115. The van der Waals surface area contributed by atoms with Crippen molar-refractivity contribution in [1.82, 2.24) is 19.9 Å². The third-order valence-corrected chi connectivity index (χ3v) is 6.00. The van der Waals surface area contributed by atoms with Gasteiger partial charge in [-0.3, -0.25) is 24.4 Å². The molecule has 2 aromatic heterocycles. The van der Waals surface area contributed by atoms with Gasteiger partial charge in [0.25, 0.3) is 11.1 Å². The van der Waals surface area contributed by atoms with E-state index in [1.54, 1.807) is 23.4 Å². The summed E-state index contributed by atoms with van der Waals surface area (Å²) in [6, 6.07) is 9.45. The first-order valence-electron chi connectivity index (χ1n) is 10.4. The number of carbonyl (C=O) groups is 3. The molecule has 0 saturated carbocycles. The van der Waals surface area contributed by atoms with Crippen LogP contribution in [0.15, 0.2) is 41.6 Å². The largest absolute Gasteiger partial charge is 0.443 e. The van der Waals surface area contributed by atoms with Crippen molar-refractivity contribution in [1.29, 1.82) is 0 Å². The third-order valence-electron chi connectivity index (χ3n) is 5.19. The lowest BCUT2D eigenvalue weighted by Gasteiger charge is -2.25. The Bertz CT molecular complexity index is 1350. The van der Waals surface area contributed by atoms with Crippen LogP contribution in [0.4, 0.5) is 15.3 Å². The summed E-state index contributed by atoms with van der Waals surface area (Å²) >= 11 is 0.846. The number of pyridine rings is 1. The van der Waals surface area contributed by atoms with Crippen molar-refractivity contribution in [2.75, 3.05) is 11.4 Å². The number of anilines is 1. The number of hydrogen-bond acceptors (Lipinski definition) is 7. The number of imidazole rings is 1. The van der Waals surface area contributed by atoms with Crippen LogP contribution in [0.25, 0.3) is 22.9 Å². The standard InChI is InChI=1S/C23H21N5O4S/c1-23(2,3)32-22(31)27-9-8-13-4-6-15(11-17(13)27)28-12-24-16-7-5-14(25-19(16)28)10-18-20(29)26-21(30)33-18/h4-7,10-12H,8-9H2,1-3H3,(H,26,29,30)/b18-10+. The van der Waals surface area contributed by atoms with E-state index in [2.05, 4.69) is 15.3 Å². The highest BCUT2D eigenvalue weighted by Gasteiger charge is 2.29. The summed E-state index contributed by atoms with van der Waals surface area (Å²) in [6.07, 6.45) is 3.63. The van der Waals surface area contributed by atoms with Crippen LogP contribution in [-0.2, 0) is 16.0 Å². The average Bonchev–Trinajstić information content (AvgIpc) is 3.42. The van der Waals surface area contributed by atoms with Crippen molar-refractivity contribution >= 4 is 51.9 Å². The molecule has 0 bridgehead atoms. The van der Waals surface area contributed by atoms with E-state index in [1.807, 2.05) is 49.6 Å². The number of nitrogens with one attached hydrogen (secondary N) is 1. The number of rotatable bonds is 2. The quantitative estimate of drug-likeness (QED) is 0.572. The van der Waals surface area contributed by atoms with Gasteiger partial charge < -0.3 is 4.74 Å². The molecule has 0 radical (unpaired) electrons. The Morgan fingerprint density at radius 3 is 2.76 bits per heavy atom. The summed E-state index contributed by atoms with van der Waals surface area (Å²) in [5.41, 5.74) is 3.91. The number of aromatic nitrogens is 3. The zero-order chi connectivity index (χ0) is 23.3. The summed E-state index contributed by atoms with van der Waals surface area (Å²) in [5.74, 6) is -0.429. The van der Waals surface area contributed by atoms with Crippen molar-refractivity contribution in [3.8, 4) is 5.69 Å². The predicted molar refractivity (Wildman–Crippen MR) is 125 cm³/mol. The number of carbonyl (C=O) groups excluding carboxylic acids is 3. The maximum atomic E-state index is 12.7. The molecule has 2 aliphatic heterocycles. The van der Waals surface area contributed by atoms with Crippen LogP contribution in [0, 0.1) is 0 Å². The number of nitrogens with zero attached hydrogens (tertiary/aromatic N) is 4. The summed E-state index contributed by atoms with van der Waals surface area (Å²) in [4.78, 5) is 47.0. The Morgan fingerprint density at radius 1 is 1.21 bits per heavy atom. The smallest absolute Gasteiger partial charge is 0.414 e. The number of benzene rings is 1. The van der Waals surface area contributed by atoms with E-state index in [-0.39, 0.29) is 6.09 Å². The molecule has 3 amide bonds. The minimum Gasteiger partial charge on any atom is -0.443 e. The van der Waals surface area contributed by atoms with E-state index in [4.69, 9.17) is 4.74 Å². The summed E-state index contributed by atoms with van der Waals surface area (Å²) < 4.78 is 7.39. The fourth-order valence-electron chi connectivity index (χ4n) is 3.76. The van der Waals surface area contributed by atoms with Crippen LogP contribution in [0.5, 0.6) is 0 Å². The molecule has 4 heterocycles. The van der Waals surface area contributed by atoms with Crippen molar-refractivity contribution < 1.29 is 19.1 Å². The lowest BCUT2D eigenvalue weighted by Crippen LogP contribution is -2.35. The summed E-state index contributed by atoms with van der Waals surface area (Å²) in [5, 5.41) is 1.84. The minimum atomic E-state index is -0.577. The zero-order valence-electron chi connectivity index (χ0n) is 18.3. The van der Waals surface area contributed by atoms with Gasteiger partial charge in [0, 0.05) is 6.54 Å². The normalized spacial score (nSPS) is 17.1. The van der Waals surface area contributed by atoms with E-state index in [0.717, 1.165) is 35.1 Å². The van der Waals surface area contributed by atoms with Crippen molar-refractivity contribution in [2.24, 2.45) is 0 Å². The molecule has 10 heteroatoms. The van der Waals surface area contributed by atoms with Gasteiger partial charge in [0.1, 0.15) is 17.4 Å². The second kappa shape index (κ2) is 7.73. The first kappa shape index (κ1) is 21.2. The number of imide groups is 1. The van der Waals surface area contributed by atoms with E-state index >= 15 is 0 Å². The maximum Gasteiger partial charge on any atom is 0.414 e. The monoisotopic (exact) mass is 463 g/mol. The molecule has 0 unspecified atom stereocenters. The fraction of sp³-hybridized carbons (Fsp3) is 0.261. The highest BCUT2D eigenvalue weighted by molar-refractivity contribution is 8.18. The van der Waals surface area contributed by atoms with Gasteiger partial charge in [0.2, 0.25) is 0 Å².